The Labute approximate surface area is 105 Å². The van der Waals surface area contributed by atoms with Gasteiger partial charge in [0.25, 0.3) is 0 Å². The van der Waals surface area contributed by atoms with E-state index >= 15 is 0 Å². The zero-order valence-corrected chi connectivity index (χ0v) is 12.1. The van der Waals surface area contributed by atoms with Crippen molar-refractivity contribution in [3.8, 4) is 0 Å². The predicted molar refractivity (Wildman–Crippen MR) is 67.8 cm³/mol. The number of halogens is 1. The third-order valence-corrected chi connectivity index (χ3v) is 3.40. The average molecular weight is 323 g/mol. The van der Waals surface area contributed by atoms with Gasteiger partial charge in [-0.05, 0) is 20.8 Å². The van der Waals surface area contributed by atoms with E-state index in [1.165, 1.54) is 4.90 Å². The number of alkyl halides is 1. The second-order valence-corrected chi connectivity index (χ2v) is 8.34. The summed E-state index contributed by atoms with van der Waals surface area (Å²) in [5.74, 6) is -0.237. The number of amides is 2. The first-order valence-corrected chi connectivity index (χ1v) is 6.19. The first kappa shape index (κ1) is 12.9. The summed E-state index contributed by atoms with van der Waals surface area (Å²) in [7, 11) is 0. The van der Waals surface area contributed by atoms with E-state index in [4.69, 9.17) is 0 Å². The van der Waals surface area contributed by atoms with Crippen molar-refractivity contribution in [2.24, 2.45) is 5.92 Å². The Kier molecular flexibility index (Phi) is 3.20. The minimum atomic E-state index is -0.398. The molecule has 0 aromatic heterocycles. The lowest BCUT2D eigenvalue weighted by Crippen LogP contribution is -2.46. The Morgan fingerprint density at radius 2 is 1.67 bits per heavy atom. The summed E-state index contributed by atoms with van der Waals surface area (Å²) in [4.78, 5) is 25.3. The zero-order chi connectivity index (χ0) is 12.0. The van der Waals surface area contributed by atoms with Crippen LogP contribution in [0.15, 0.2) is 0 Å². The number of nitrogens with zero attached hydrogens (tertiary/aromatic N) is 1. The maximum atomic E-state index is 12.1. The van der Waals surface area contributed by atoms with Gasteiger partial charge in [-0.3, -0.25) is 14.5 Å². The van der Waals surface area contributed by atoms with Crippen molar-refractivity contribution in [2.45, 2.75) is 50.0 Å². The molecule has 0 aromatic carbocycles. The molecule has 0 spiro atoms. The monoisotopic (exact) mass is 323 g/mol. The van der Waals surface area contributed by atoms with Crippen LogP contribution in [0.5, 0.6) is 0 Å². The highest BCUT2D eigenvalue weighted by molar-refractivity contribution is 14.1. The topological polar surface area (TPSA) is 37.4 Å². The number of imide groups is 1. The summed E-state index contributed by atoms with van der Waals surface area (Å²) in [6, 6.07) is 0. The van der Waals surface area contributed by atoms with Crippen LogP contribution in [0, 0.1) is 5.92 Å². The van der Waals surface area contributed by atoms with Gasteiger partial charge in [-0.1, -0.05) is 36.4 Å². The highest BCUT2D eigenvalue weighted by Gasteiger charge is 2.48. The smallest absolute Gasteiger partial charge is 0.234 e. The van der Waals surface area contributed by atoms with Crippen LogP contribution in [0.25, 0.3) is 0 Å². The minimum Gasteiger partial charge on any atom is -0.277 e. The standard InChI is InChI=1S/C11H18INO2/c1-10(2,3)13-8(14)6-7(9(13)15)11(4,5)12/h7H,6H2,1-5H3. The van der Waals surface area contributed by atoms with Gasteiger partial charge in [0.2, 0.25) is 11.8 Å². The lowest BCUT2D eigenvalue weighted by Gasteiger charge is -2.31. The van der Waals surface area contributed by atoms with E-state index < -0.39 is 5.54 Å². The third kappa shape index (κ3) is 2.52. The van der Waals surface area contributed by atoms with Crippen LogP contribution in [0.3, 0.4) is 0 Å². The average Bonchev–Trinajstić information content (AvgIpc) is 2.22. The van der Waals surface area contributed by atoms with Gasteiger partial charge in [0.05, 0.1) is 5.92 Å². The van der Waals surface area contributed by atoms with Gasteiger partial charge in [-0.2, -0.15) is 0 Å². The number of carbonyl (C=O) groups is 2. The molecule has 1 saturated heterocycles. The molecule has 0 aliphatic carbocycles. The molecule has 4 heteroatoms. The fourth-order valence-corrected chi connectivity index (χ4v) is 2.36. The molecule has 86 valence electrons. The van der Waals surface area contributed by atoms with E-state index in [1.807, 2.05) is 34.6 Å². The van der Waals surface area contributed by atoms with E-state index in [0.717, 1.165) is 0 Å². The molecule has 1 aliphatic rings. The van der Waals surface area contributed by atoms with E-state index in [2.05, 4.69) is 22.6 Å². The molecule has 1 rings (SSSR count). The van der Waals surface area contributed by atoms with Crippen molar-refractivity contribution in [1.82, 2.24) is 4.90 Å². The molecule has 0 N–H and O–H groups in total. The molecule has 1 fully saturated rings. The Hall–Kier alpha value is -0.130. The summed E-state index contributed by atoms with van der Waals surface area (Å²) in [6.07, 6.45) is 0.353. The van der Waals surface area contributed by atoms with Crippen molar-refractivity contribution in [3.63, 3.8) is 0 Å². The predicted octanol–water partition coefficient (Wildman–Crippen LogP) is 2.37. The first-order chi connectivity index (χ1) is 6.55. The van der Waals surface area contributed by atoms with Gasteiger partial charge in [0.1, 0.15) is 0 Å². The molecule has 2 amide bonds. The van der Waals surface area contributed by atoms with Crippen LogP contribution < -0.4 is 0 Å². The van der Waals surface area contributed by atoms with Gasteiger partial charge in [-0.15, -0.1) is 0 Å². The van der Waals surface area contributed by atoms with E-state index in [9.17, 15) is 9.59 Å². The molecule has 1 unspecified atom stereocenters. The van der Waals surface area contributed by atoms with Crippen molar-refractivity contribution < 1.29 is 9.59 Å². The van der Waals surface area contributed by atoms with Gasteiger partial charge in [-0.25, -0.2) is 0 Å². The fraction of sp³-hybridized carbons (Fsp3) is 0.818. The normalized spacial score (nSPS) is 23.9. The highest BCUT2D eigenvalue weighted by Crippen LogP contribution is 2.38. The number of hydrogen-bond donors (Lipinski definition) is 0. The molecule has 0 aromatic rings. The largest absolute Gasteiger partial charge is 0.277 e. The summed E-state index contributed by atoms with van der Waals surface area (Å²) in [5, 5.41) is 0. The summed E-state index contributed by atoms with van der Waals surface area (Å²) < 4.78 is -0.162. The fourth-order valence-electron chi connectivity index (χ4n) is 1.87. The Bertz CT molecular complexity index is 299. The van der Waals surface area contributed by atoms with Crippen LogP contribution in [-0.2, 0) is 9.59 Å². The minimum absolute atomic E-state index is 0.0214. The van der Waals surface area contributed by atoms with E-state index in [0.29, 0.717) is 6.42 Å². The number of rotatable bonds is 1. The maximum absolute atomic E-state index is 12.1. The Balaban J connectivity index is 3.00. The lowest BCUT2D eigenvalue weighted by atomic mass is 9.94. The van der Waals surface area contributed by atoms with Crippen LogP contribution >= 0.6 is 22.6 Å². The zero-order valence-electron chi connectivity index (χ0n) is 9.93. The van der Waals surface area contributed by atoms with Crippen LogP contribution in [-0.4, -0.2) is 25.7 Å². The number of carbonyl (C=O) groups excluding carboxylic acids is 2. The van der Waals surface area contributed by atoms with E-state index in [1.54, 1.807) is 0 Å². The summed E-state index contributed by atoms with van der Waals surface area (Å²) in [5.41, 5.74) is -0.398. The van der Waals surface area contributed by atoms with Gasteiger partial charge in [0.15, 0.2) is 0 Å². The van der Waals surface area contributed by atoms with Crippen LogP contribution in [0.2, 0.25) is 0 Å². The summed E-state index contributed by atoms with van der Waals surface area (Å²) >= 11 is 2.24. The SMILES string of the molecule is CC(C)(I)C1CC(=O)N(C(C)(C)C)C1=O. The van der Waals surface area contributed by atoms with Crippen molar-refractivity contribution >= 4 is 34.4 Å². The van der Waals surface area contributed by atoms with Crippen molar-refractivity contribution in [3.05, 3.63) is 0 Å². The second-order valence-electron chi connectivity index (χ2n) is 5.56. The molecular formula is C11H18INO2. The van der Waals surface area contributed by atoms with Crippen LogP contribution in [0.1, 0.15) is 41.0 Å². The lowest BCUT2D eigenvalue weighted by molar-refractivity contribution is -0.144. The summed E-state index contributed by atoms with van der Waals surface area (Å²) in [6.45, 7) is 9.67. The molecule has 3 nitrogen and oxygen atoms in total. The quantitative estimate of drug-likeness (QED) is 0.422. The Morgan fingerprint density at radius 1 is 1.20 bits per heavy atom. The van der Waals surface area contributed by atoms with Gasteiger partial charge < -0.3 is 0 Å². The molecule has 0 bridgehead atoms. The first-order valence-electron chi connectivity index (χ1n) is 5.11. The highest BCUT2D eigenvalue weighted by atomic mass is 127. The molecule has 1 atom stereocenters. The maximum Gasteiger partial charge on any atom is 0.234 e. The van der Waals surface area contributed by atoms with Crippen molar-refractivity contribution in [1.29, 1.82) is 0 Å². The van der Waals surface area contributed by atoms with Crippen molar-refractivity contribution in [2.75, 3.05) is 0 Å². The molecule has 0 saturated carbocycles. The molecule has 0 radical (unpaired) electrons. The Morgan fingerprint density at radius 3 is 1.87 bits per heavy atom. The molecule has 1 aliphatic heterocycles. The van der Waals surface area contributed by atoms with Gasteiger partial charge >= 0.3 is 0 Å². The third-order valence-electron chi connectivity index (χ3n) is 2.65. The van der Waals surface area contributed by atoms with Crippen LogP contribution in [0.4, 0.5) is 0 Å². The second kappa shape index (κ2) is 3.71. The molecular weight excluding hydrogens is 305 g/mol. The number of likely N-dealkylation sites (tertiary alicyclic amines) is 1. The molecule has 15 heavy (non-hydrogen) atoms. The van der Waals surface area contributed by atoms with E-state index in [-0.39, 0.29) is 21.2 Å². The number of hydrogen-bond acceptors (Lipinski definition) is 2. The molecule has 1 heterocycles. The van der Waals surface area contributed by atoms with Gasteiger partial charge in [0, 0.05) is 15.4 Å².